The van der Waals surface area contributed by atoms with Gasteiger partial charge in [-0.15, -0.1) is 0 Å². The van der Waals surface area contributed by atoms with E-state index >= 15 is 0 Å². The van der Waals surface area contributed by atoms with E-state index in [9.17, 15) is 4.79 Å². The molecule has 4 heteroatoms. The third-order valence-corrected chi connectivity index (χ3v) is 2.90. The molecular weight excluding hydrogens is 324 g/mol. The Morgan fingerprint density at radius 3 is 2.33 bits per heavy atom. The van der Waals surface area contributed by atoms with Gasteiger partial charge in [-0.3, -0.25) is 4.79 Å². The molecule has 0 aromatic heterocycles. The second kappa shape index (κ2) is 6.28. The van der Waals surface area contributed by atoms with E-state index in [0.717, 1.165) is 10.9 Å². The number of alkyl halides is 2. The van der Waals surface area contributed by atoms with Crippen LogP contribution in [0, 0.1) is 0 Å². The molecule has 0 heterocycles. The Morgan fingerprint density at radius 2 is 1.87 bits per heavy atom. The summed E-state index contributed by atoms with van der Waals surface area (Å²) in [5.74, 6) is -0.237. The zero-order chi connectivity index (χ0) is 11.3. The molecule has 0 amide bonds. The van der Waals surface area contributed by atoms with Crippen LogP contribution in [0.3, 0.4) is 0 Å². The van der Waals surface area contributed by atoms with Gasteiger partial charge in [0.05, 0.1) is 0 Å². The van der Waals surface area contributed by atoms with E-state index in [0.29, 0.717) is 6.61 Å². The molecule has 0 fully saturated rings. The van der Waals surface area contributed by atoms with E-state index < -0.39 is 0 Å². The summed E-state index contributed by atoms with van der Waals surface area (Å²) < 4.78 is 5.07. The van der Waals surface area contributed by atoms with Gasteiger partial charge in [-0.1, -0.05) is 56.1 Å². The van der Waals surface area contributed by atoms with Crippen LogP contribution in [0.25, 0.3) is 0 Å². The third-order valence-electron chi connectivity index (χ3n) is 1.88. The number of hydrogen-bond acceptors (Lipinski definition) is 2. The highest BCUT2D eigenvalue weighted by Crippen LogP contribution is 2.10. The predicted octanol–water partition coefficient (Wildman–Crippen LogP) is 3.41. The first kappa shape index (κ1) is 12.7. The van der Waals surface area contributed by atoms with Gasteiger partial charge in [0, 0.05) is 5.33 Å². The number of hydrogen-bond donors (Lipinski definition) is 0. The lowest BCUT2D eigenvalue weighted by Gasteiger charge is -2.06. The highest BCUT2D eigenvalue weighted by molar-refractivity contribution is 9.10. The highest BCUT2D eigenvalue weighted by atomic mass is 79.9. The molecule has 2 nitrogen and oxygen atoms in total. The molecule has 0 bridgehead atoms. The summed E-state index contributed by atoms with van der Waals surface area (Å²) in [5.41, 5.74) is 2.21. The Balaban J connectivity index is 2.47. The van der Waals surface area contributed by atoms with E-state index in [1.165, 1.54) is 5.56 Å². The lowest BCUT2D eigenvalue weighted by atomic mass is 10.2. The van der Waals surface area contributed by atoms with E-state index in [2.05, 4.69) is 31.9 Å². The van der Waals surface area contributed by atoms with Gasteiger partial charge in [0.1, 0.15) is 11.4 Å². The summed E-state index contributed by atoms with van der Waals surface area (Å²) in [6.07, 6.45) is 0. The molecule has 0 aliphatic heterocycles. The molecule has 1 atom stereocenters. The van der Waals surface area contributed by atoms with Gasteiger partial charge in [-0.25, -0.2) is 0 Å². The first-order chi connectivity index (χ1) is 7.13. The first-order valence-corrected chi connectivity index (χ1v) is 6.61. The Labute approximate surface area is 106 Å². The van der Waals surface area contributed by atoms with E-state index in [1.807, 2.05) is 24.3 Å². The molecule has 0 saturated carbocycles. The Morgan fingerprint density at radius 1 is 1.33 bits per heavy atom. The van der Waals surface area contributed by atoms with Crippen molar-refractivity contribution in [1.82, 2.24) is 0 Å². The molecule has 0 spiro atoms. The summed E-state index contributed by atoms with van der Waals surface area (Å²) in [7, 11) is 0. The minimum absolute atomic E-state index is 0.237. The smallest absolute Gasteiger partial charge is 0.319 e. The number of benzene rings is 1. The van der Waals surface area contributed by atoms with Gasteiger partial charge in [0.2, 0.25) is 0 Å². The predicted molar refractivity (Wildman–Crippen MR) is 67.3 cm³/mol. The monoisotopic (exact) mass is 334 g/mol. The zero-order valence-corrected chi connectivity index (χ0v) is 11.5. The van der Waals surface area contributed by atoms with Crippen LogP contribution in [0.5, 0.6) is 0 Å². The van der Waals surface area contributed by atoms with Gasteiger partial charge in [-0.2, -0.15) is 0 Å². The van der Waals surface area contributed by atoms with Crippen molar-refractivity contribution in [3.63, 3.8) is 0 Å². The van der Waals surface area contributed by atoms with Crippen LogP contribution in [-0.2, 0) is 21.5 Å². The molecule has 82 valence electrons. The van der Waals surface area contributed by atoms with Gasteiger partial charge in [0.25, 0.3) is 0 Å². The normalized spacial score (nSPS) is 12.2. The van der Waals surface area contributed by atoms with Gasteiger partial charge in [-0.05, 0) is 18.1 Å². The summed E-state index contributed by atoms with van der Waals surface area (Å²) in [6.45, 7) is 2.08. The van der Waals surface area contributed by atoms with Gasteiger partial charge >= 0.3 is 5.97 Å². The second-order valence-corrected chi connectivity index (χ2v) is 5.11. The molecule has 0 aliphatic carbocycles. The molecule has 1 unspecified atom stereocenters. The van der Waals surface area contributed by atoms with Crippen molar-refractivity contribution >= 4 is 37.8 Å². The Kier molecular flexibility index (Phi) is 5.32. The fourth-order valence-electron chi connectivity index (χ4n) is 0.994. The molecule has 0 N–H and O–H groups in total. The number of halogens is 2. The standard InChI is InChI=1S/C11H12Br2O2/c1-8(13)11(14)15-7-10-4-2-9(6-12)3-5-10/h2-5,8H,6-7H2,1H3. The Bertz CT molecular complexity index is 320. The quantitative estimate of drug-likeness (QED) is 0.622. The minimum atomic E-state index is -0.251. The van der Waals surface area contributed by atoms with Crippen molar-refractivity contribution in [3.8, 4) is 0 Å². The van der Waals surface area contributed by atoms with Crippen molar-refractivity contribution in [2.75, 3.05) is 0 Å². The summed E-state index contributed by atoms with van der Waals surface area (Å²) in [6, 6.07) is 7.94. The minimum Gasteiger partial charge on any atom is -0.460 e. The molecular formula is C11H12Br2O2. The largest absolute Gasteiger partial charge is 0.460 e. The maximum absolute atomic E-state index is 11.2. The van der Waals surface area contributed by atoms with E-state index in [1.54, 1.807) is 6.92 Å². The van der Waals surface area contributed by atoms with Crippen LogP contribution in [0.4, 0.5) is 0 Å². The van der Waals surface area contributed by atoms with Crippen molar-refractivity contribution < 1.29 is 9.53 Å². The molecule has 1 rings (SSSR count). The summed E-state index contributed by atoms with van der Waals surface area (Å²) in [4.78, 5) is 10.9. The number of carbonyl (C=O) groups excluding carboxylic acids is 1. The topological polar surface area (TPSA) is 26.3 Å². The number of rotatable bonds is 4. The fraction of sp³-hybridized carbons (Fsp3) is 0.364. The third kappa shape index (κ3) is 4.34. The number of esters is 1. The number of ether oxygens (including phenoxy) is 1. The molecule has 0 radical (unpaired) electrons. The van der Waals surface area contributed by atoms with E-state index in [-0.39, 0.29) is 10.8 Å². The average molecular weight is 336 g/mol. The van der Waals surface area contributed by atoms with Crippen molar-refractivity contribution in [3.05, 3.63) is 35.4 Å². The molecule has 15 heavy (non-hydrogen) atoms. The van der Waals surface area contributed by atoms with Crippen molar-refractivity contribution in [2.45, 2.75) is 23.7 Å². The maximum atomic E-state index is 11.2. The number of carbonyl (C=O) groups is 1. The summed E-state index contributed by atoms with van der Waals surface area (Å²) >= 11 is 6.53. The molecule has 1 aromatic rings. The van der Waals surface area contributed by atoms with Crippen LogP contribution >= 0.6 is 31.9 Å². The fourth-order valence-corrected chi connectivity index (χ4v) is 1.50. The van der Waals surface area contributed by atoms with Crippen LogP contribution in [0.15, 0.2) is 24.3 Å². The van der Waals surface area contributed by atoms with Gasteiger partial charge < -0.3 is 4.74 Å². The SMILES string of the molecule is CC(Br)C(=O)OCc1ccc(CBr)cc1. The van der Waals surface area contributed by atoms with Crippen LogP contribution in [-0.4, -0.2) is 10.8 Å². The van der Waals surface area contributed by atoms with Crippen molar-refractivity contribution in [2.24, 2.45) is 0 Å². The molecule has 1 aromatic carbocycles. The first-order valence-electron chi connectivity index (χ1n) is 4.58. The maximum Gasteiger partial charge on any atom is 0.319 e. The van der Waals surface area contributed by atoms with Crippen LogP contribution < -0.4 is 0 Å². The lowest BCUT2D eigenvalue weighted by molar-refractivity contribution is -0.143. The van der Waals surface area contributed by atoms with Crippen LogP contribution in [0.2, 0.25) is 0 Å². The molecule has 0 saturated heterocycles. The Hall–Kier alpha value is -0.350. The zero-order valence-electron chi connectivity index (χ0n) is 8.37. The molecule has 0 aliphatic rings. The highest BCUT2D eigenvalue weighted by Gasteiger charge is 2.09. The van der Waals surface area contributed by atoms with Gasteiger partial charge in [0.15, 0.2) is 0 Å². The lowest BCUT2D eigenvalue weighted by Crippen LogP contribution is -2.13. The second-order valence-electron chi connectivity index (χ2n) is 3.17. The summed E-state index contributed by atoms with van der Waals surface area (Å²) in [5, 5.41) is 0.839. The average Bonchev–Trinajstić information content (AvgIpc) is 2.26. The van der Waals surface area contributed by atoms with Crippen molar-refractivity contribution in [1.29, 1.82) is 0 Å². The van der Waals surface area contributed by atoms with Crippen LogP contribution in [0.1, 0.15) is 18.1 Å². The van der Waals surface area contributed by atoms with E-state index in [4.69, 9.17) is 4.74 Å².